The number of fused-ring (bicyclic) bond motifs is 1. The molecular formula is C17H13ClFN5S. The number of pyridine rings is 1. The first-order chi connectivity index (χ1) is 12.2. The van der Waals surface area contributed by atoms with Gasteiger partial charge >= 0.3 is 0 Å². The van der Waals surface area contributed by atoms with E-state index in [9.17, 15) is 4.39 Å². The molecule has 0 saturated carbocycles. The highest BCUT2D eigenvalue weighted by molar-refractivity contribution is 7.20. The van der Waals surface area contributed by atoms with Crippen molar-refractivity contribution in [1.29, 1.82) is 0 Å². The summed E-state index contributed by atoms with van der Waals surface area (Å²) in [7, 11) is 0. The van der Waals surface area contributed by atoms with Crippen LogP contribution in [0.3, 0.4) is 0 Å². The van der Waals surface area contributed by atoms with Gasteiger partial charge in [-0.2, -0.15) is 0 Å². The molecule has 1 N–H and O–H groups in total. The summed E-state index contributed by atoms with van der Waals surface area (Å²) >= 11 is 7.34. The van der Waals surface area contributed by atoms with Gasteiger partial charge < -0.3 is 5.32 Å². The van der Waals surface area contributed by atoms with Gasteiger partial charge in [-0.3, -0.25) is 4.98 Å². The van der Waals surface area contributed by atoms with E-state index >= 15 is 0 Å². The minimum atomic E-state index is -0.442. The van der Waals surface area contributed by atoms with Gasteiger partial charge in [0.15, 0.2) is 0 Å². The Morgan fingerprint density at radius 3 is 2.84 bits per heavy atom. The normalized spacial score (nSPS) is 11.1. The van der Waals surface area contributed by atoms with E-state index in [0.29, 0.717) is 0 Å². The molecule has 0 unspecified atom stereocenters. The van der Waals surface area contributed by atoms with E-state index in [1.54, 1.807) is 35.2 Å². The van der Waals surface area contributed by atoms with Gasteiger partial charge in [0.2, 0.25) is 10.1 Å². The molecule has 1 aromatic carbocycles. The monoisotopic (exact) mass is 373 g/mol. The van der Waals surface area contributed by atoms with E-state index in [0.717, 1.165) is 34.3 Å². The molecule has 0 atom stereocenters. The van der Waals surface area contributed by atoms with Crippen LogP contribution in [0.4, 0.5) is 9.52 Å². The summed E-state index contributed by atoms with van der Waals surface area (Å²) in [4.78, 5) is 9.14. The zero-order valence-corrected chi connectivity index (χ0v) is 14.6. The number of rotatable bonds is 5. The fourth-order valence-electron chi connectivity index (χ4n) is 2.48. The molecule has 8 heteroatoms. The Morgan fingerprint density at radius 2 is 2.04 bits per heavy atom. The Balaban J connectivity index is 1.53. The van der Waals surface area contributed by atoms with Crippen LogP contribution >= 0.6 is 22.9 Å². The Hall–Kier alpha value is -2.51. The lowest BCUT2D eigenvalue weighted by Gasteiger charge is -2.02. The third kappa shape index (κ3) is 3.33. The Kier molecular flexibility index (Phi) is 4.33. The number of anilines is 1. The SMILES string of the molecule is Fc1ccc(-c2cnc3sc(NCCc4ccncc4)nn23)cc1Cl. The number of hydrogen-bond donors (Lipinski definition) is 1. The van der Waals surface area contributed by atoms with E-state index in [1.807, 2.05) is 12.1 Å². The Morgan fingerprint density at radius 1 is 1.20 bits per heavy atom. The van der Waals surface area contributed by atoms with Gasteiger partial charge in [-0.05, 0) is 42.3 Å². The molecule has 0 bridgehead atoms. The van der Waals surface area contributed by atoms with Crippen molar-refractivity contribution < 1.29 is 4.39 Å². The van der Waals surface area contributed by atoms with Gasteiger partial charge in [-0.15, -0.1) is 5.10 Å². The highest BCUT2D eigenvalue weighted by Crippen LogP contribution is 2.28. The summed E-state index contributed by atoms with van der Waals surface area (Å²) in [6.07, 6.45) is 6.16. The summed E-state index contributed by atoms with van der Waals surface area (Å²) in [5.41, 5.74) is 2.76. The maximum atomic E-state index is 13.4. The number of halogens is 2. The van der Waals surface area contributed by atoms with Crippen molar-refractivity contribution in [1.82, 2.24) is 19.6 Å². The maximum absolute atomic E-state index is 13.4. The number of aromatic nitrogens is 4. The van der Waals surface area contributed by atoms with E-state index in [4.69, 9.17) is 11.6 Å². The topological polar surface area (TPSA) is 55.1 Å². The Labute approximate surface area is 152 Å². The van der Waals surface area contributed by atoms with Crippen LogP contribution in [0.15, 0.2) is 48.9 Å². The molecule has 0 aliphatic carbocycles. The van der Waals surface area contributed by atoms with E-state index in [1.165, 1.54) is 23.0 Å². The largest absolute Gasteiger partial charge is 0.360 e. The molecule has 0 fully saturated rings. The molecule has 0 aliphatic heterocycles. The van der Waals surface area contributed by atoms with Crippen LogP contribution in [0.5, 0.6) is 0 Å². The van der Waals surface area contributed by atoms with E-state index in [2.05, 4.69) is 20.4 Å². The van der Waals surface area contributed by atoms with Gasteiger partial charge in [0.05, 0.1) is 16.9 Å². The summed E-state index contributed by atoms with van der Waals surface area (Å²) in [6.45, 7) is 0.762. The first kappa shape index (κ1) is 16.0. The highest BCUT2D eigenvalue weighted by atomic mass is 35.5. The molecule has 3 aromatic heterocycles. The average molecular weight is 374 g/mol. The number of imidazole rings is 1. The predicted octanol–water partition coefficient (Wildman–Crippen LogP) is 4.30. The molecule has 0 spiro atoms. The maximum Gasteiger partial charge on any atom is 0.214 e. The van der Waals surface area contributed by atoms with E-state index < -0.39 is 5.82 Å². The molecule has 0 radical (unpaired) electrons. The summed E-state index contributed by atoms with van der Waals surface area (Å²) in [6, 6.07) is 8.58. The van der Waals surface area contributed by atoms with Crippen LogP contribution in [0.25, 0.3) is 16.2 Å². The second-order valence-corrected chi connectivity index (χ2v) is 6.77. The molecule has 5 nitrogen and oxygen atoms in total. The van der Waals surface area contributed by atoms with Gasteiger partial charge in [0, 0.05) is 24.5 Å². The van der Waals surface area contributed by atoms with Crippen LogP contribution in [0.2, 0.25) is 5.02 Å². The first-order valence-corrected chi connectivity index (χ1v) is 8.83. The second kappa shape index (κ2) is 6.78. The third-order valence-corrected chi connectivity index (χ3v) is 4.91. The van der Waals surface area contributed by atoms with Crippen molar-refractivity contribution in [2.45, 2.75) is 6.42 Å². The van der Waals surface area contributed by atoms with Crippen LogP contribution in [-0.2, 0) is 6.42 Å². The molecule has 0 aliphatic rings. The summed E-state index contributed by atoms with van der Waals surface area (Å²) in [5, 5.41) is 8.72. The molecule has 3 heterocycles. The lowest BCUT2D eigenvalue weighted by Crippen LogP contribution is -2.05. The standard InChI is InChI=1S/C17H13ClFN5S/c18-13-9-12(1-2-14(13)19)15-10-22-17-24(15)23-16(25-17)21-8-5-11-3-6-20-7-4-11/h1-4,6-7,9-10H,5,8H2,(H,21,23). The van der Waals surface area contributed by atoms with Crippen LogP contribution in [0.1, 0.15) is 5.56 Å². The first-order valence-electron chi connectivity index (χ1n) is 7.63. The quantitative estimate of drug-likeness (QED) is 0.566. The van der Waals surface area contributed by atoms with Crippen molar-refractivity contribution in [2.24, 2.45) is 0 Å². The molecular weight excluding hydrogens is 361 g/mol. The minimum absolute atomic E-state index is 0.0818. The number of hydrogen-bond acceptors (Lipinski definition) is 5. The zero-order valence-electron chi connectivity index (χ0n) is 13.0. The number of nitrogens with zero attached hydrogens (tertiary/aromatic N) is 4. The molecule has 25 heavy (non-hydrogen) atoms. The summed E-state index contributed by atoms with van der Waals surface area (Å²) < 4.78 is 15.1. The van der Waals surface area contributed by atoms with Crippen LogP contribution < -0.4 is 5.32 Å². The minimum Gasteiger partial charge on any atom is -0.360 e. The van der Waals surface area contributed by atoms with Crippen molar-refractivity contribution in [3.63, 3.8) is 0 Å². The van der Waals surface area contributed by atoms with Crippen LogP contribution in [-0.4, -0.2) is 26.1 Å². The van der Waals surface area contributed by atoms with Crippen molar-refractivity contribution >= 4 is 33.0 Å². The van der Waals surface area contributed by atoms with Gasteiger partial charge in [0.25, 0.3) is 0 Å². The zero-order chi connectivity index (χ0) is 17.2. The lowest BCUT2D eigenvalue weighted by atomic mass is 10.2. The van der Waals surface area contributed by atoms with Crippen molar-refractivity contribution in [3.05, 3.63) is 65.3 Å². The number of nitrogens with one attached hydrogen (secondary N) is 1. The smallest absolute Gasteiger partial charge is 0.214 e. The molecule has 4 aromatic rings. The van der Waals surface area contributed by atoms with Gasteiger partial charge in [-0.1, -0.05) is 22.9 Å². The van der Waals surface area contributed by atoms with Gasteiger partial charge in [0.1, 0.15) is 5.82 Å². The summed E-state index contributed by atoms with van der Waals surface area (Å²) in [5.74, 6) is -0.442. The number of benzene rings is 1. The molecule has 126 valence electrons. The molecule has 0 amide bonds. The second-order valence-electron chi connectivity index (χ2n) is 5.41. The molecule has 4 rings (SSSR count). The van der Waals surface area contributed by atoms with Crippen LogP contribution in [0, 0.1) is 5.82 Å². The highest BCUT2D eigenvalue weighted by Gasteiger charge is 2.12. The van der Waals surface area contributed by atoms with Crippen molar-refractivity contribution in [2.75, 3.05) is 11.9 Å². The lowest BCUT2D eigenvalue weighted by molar-refractivity contribution is 0.628. The Bertz CT molecular complexity index is 1010. The third-order valence-electron chi connectivity index (χ3n) is 3.74. The van der Waals surface area contributed by atoms with E-state index in [-0.39, 0.29) is 5.02 Å². The van der Waals surface area contributed by atoms with Gasteiger partial charge in [-0.25, -0.2) is 13.9 Å². The average Bonchev–Trinajstić information content (AvgIpc) is 3.19. The predicted molar refractivity (Wildman–Crippen MR) is 97.7 cm³/mol. The van der Waals surface area contributed by atoms with Crippen molar-refractivity contribution in [3.8, 4) is 11.3 Å². The fraction of sp³-hybridized carbons (Fsp3) is 0.118. The molecule has 0 saturated heterocycles. The fourth-order valence-corrected chi connectivity index (χ4v) is 3.46.